The first-order valence-corrected chi connectivity index (χ1v) is 9.44. The maximum absolute atomic E-state index is 11.9. The van der Waals surface area contributed by atoms with E-state index in [9.17, 15) is 4.79 Å². The Morgan fingerprint density at radius 1 is 1.20 bits per heavy atom. The topological polar surface area (TPSA) is 98.7 Å². The minimum absolute atomic E-state index is 0.117. The van der Waals surface area contributed by atoms with E-state index in [1.54, 1.807) is 18.1 Å². The van der Waals surface area contributed by atoms with Crippen LogP contribution in [0.25, 0.3) is 0 Å². The molecule has 1 aromatic carbocycles. The molecule has 0 aliphatic rings. The highest BCUT2D eigenvalue weighted by atomic mass is 32.2. The van der Waals surface area contributed by atoms with Gasteiger partial charge in [-0.15, -0.1) is 20.4 Å². The highest BCUT2D eigenvalue weighted by Crippen LogP contribution is 2.19. The number of aryl methyl sites for hydroxylation is 2. The first kappa shape index (κ1) is 17.5. The molecule has 0 radical (unpaired) electrons. The van der Waals surface area contributed by atoms with Crippen LogP contribution in [0, 0.1) is 0 Å². The molecule has 130 valence electrons. The van der Waals surface area contributed by atoms with Crippen LogP contribution in [0.2, 0.25) is 0 Å². The lowest BCUT2D eigenvalue weighted by Gasteiger charge is -2.02. The lowest BCUT2D eigenvalue weighted by atomic mass is 10.3. The van der Waals surface area contributed by atoms with Crippen molar-refractivity contribution >= 4 is 35.1 Å². The number of thioether (sulfide) groups is 2. The molecule has 0 unspecified atom stereocenters. The van der Waals surface area contributed by atoms with Gasteiger partial charge in [-0.3, -0.25) is 4.79 Å². The highest BCUT2D eigenvalue weighted by molar-refractivity contribution is 7.99. The molecule has 3 rings (SSSR count). The van der Waals surface area contributed by atoms with Crippen molar-refractivity contribution in [3.63, 3.8) is 0 Å². The number of anilines is 1. The molecular weight excluding hydrogens is 360 g/mol. The molecule has 0 atom stereocenters. The zero-order valence-corrected chi connectivity index (χ0v) is 15.1. The second kappa shape index (κ2) is 8.67. The predicted octanol–water partition coefficient (Wildman–Crippen LogP) is 2.26. The summed E-state index contributed by atoms with van der Waals surface area (Å²) < 4.78 is 7.39. The van der Waals surface area contributed by atoms with Crippen LogP contribution in [0.5, 0.6) is 0 Å². The number of amides is 1. The van der Waals surface area contributed by atoms with E-state index in [2.05, 4.69) is 25.7 Å². The van der Waals surface area contributed by atoms with Crippen LogP contribution in [-0.4, -0.2) is 42.4 Å². The minimum atomic E-state index is -0.117. The average molecular weight is 376 g/mol. The number of hydrogen-bond donors (Lipinski definition) is 1. The van der Waals surface area contributed by atoms with Crippen molar-refractivity contribution in [2.24, 2.45) is 7.05 Å². The van der Waals surface area contributed by atoms with Crippen molar-refractivity contribution in [1.29, 1.82) is 0 Å². The third-order valence-electron chi connectivity index (χ3n) is 3.05. The van der Waals surface area contributed by atoms with Crippen LogP contribution in [0.3, 0.4) is 0 Å². The van der Waals surface area contributed by atoms with Gasteiger partial charge in [0.1, 0.15) is 6.33 Å². The summed E-state index contributed by atoms with van der Waals surface area (Å²) in [5, 5.41) is 19.8. The predicted molar refractivity (Wildman–Crippen MR) is 95.5 cm³/mol. The summed E-state index contributed by atoms with van der Waals surface area (Å²) in [7, 11) is 1.89. The lowest BCUT2D eigenvalue weighted by Crippen LogP contribution is -2.13. The summed E-state index contributed by atoms with van der Waals surface area (Å²) in [6.07, 6.45) is 2.28. The fraction of sp³-hybridized carbons (Fsp3) is 0.267. The Morgan fingerprint density at radius 3 is 2.80 bits per heavy atom. The van der Waals surface area contributed by atoms with Gasteiger partial charge in [0.2, 0.25) is 11.8 Å². The summed E-state index contributed by atoms with van der Waals surface area (Å²) in [6, 6.07) is 9.30. The summed E-state index contributed by atoms with van der Waals surface area (Å²) in [6.45, 7) is 0. The van der Waals surface area contributed by atoms with Gasteiger partial charge >= 0.3 is 0 Å². The number of hydrogen-bond acceptors (Lipinski definition) is 8. The molecule has 0 fully saturated rings. The first-order chi connectivity index (χ1) is 12.2. The van der Waals surface area contributed by atoms with E-state index >= 15 is 0 Å². The standard InChI is InChI=1S/C15H16N6O2S2/c1-21-10-16-19-14(21)24-8-7-13-18-20-15(23-13)25-9-12(22)17-11-5-3-2-4-6-11/h2-6,10H,7-9H2,1H3,(H,17,22). The van der Waals surface area contributed by atoms with Gasteiger partial charge in [0, 0.05) is 24.9 Å². The SMILES string of the molecule is Cn1cnnc1SCCc1nnc(SCC(=O)Nc2ccccc2)o1. The second-order valence-electron chi connectivity index (χ2n) is 4.99. The number of carbonyl (C=O) groups is 1. The molecule has 1 amide bonds. The van der Waals surface area contributed by atoms with Gasteiger partial charge in [0.05, 0.1) is 5.75 Å². The zero-order chi connectivity index (χ0) is 17.5. The van der Waals surface area contributed by atoms with Crippen LogP contribution in [0.1, 0.15) is 5.89 Å². The smallest absolute Gasteiger partial charge is 0.277 e. The molecule has 0 saturated heterocycles. The van der Waals surface area contributed by atoms with Crippen molar-refractivity contribution in [2.75, 3.05) is 16.8 Å². The number of para-hydroxylation sites is 1. The zero-order valence-electron chi connectivity index (χ0n) is 13.5. The molecule has 3 aromatic rings. The molecule has 0 aliphatic carbocycles. The lowest BCUT2D eigenvalue weighted by molar-refractivity contribution is -0.113. The van der Waals surface area contributed by atoms with E-state index in [0.717, 1.165) is 16.6 Å². The Bertz CT molecular complexity index is 820. The monoisotopic (exact) mass is 376 g/mol. The van der Waals surface area contributed by atoms with Crippen LogP contribution < -0.4 is 5.32 Å². The number of carbonyl (C=O) groups excluding carboxylic acids is 1. The van der Waals surface area contributed by atoms with Gasteiger partial charge in [-0.2, -0.15) is 0 Å². The summed E-state index contributed by atoms with van der Waals surface area (Å²) in [4.78, 5) is 11.9. The van der Waals surface area contributed by atoms with Crippen molar-refractivity contribution in [3.8, 4) is 0 Å². The molecule has 1 N–H and O–H groups in total. The van der Waals surface area contributed by atoms with Crippen molar-refractivity contribution in [2.45, 2.75) is 16.8 Å². The number of benzene rings is 1. The third-order valence-corrected chi connectivity index (χ3v) is 4.90. The van der Waals surface area contributed by atoms with E-state index in [0.29, 0.717) is 17.5 Å². The highest BCUT2D eigenvalue weighted by Gasteiger charge is 2.10. The second-order valence-corrected chi connectivity index (χ2v) is 6.98. The Kier molecular flexibility index (Phi) is 6.07. The van der Waals surface area contributed by atoms with E-state index in [1.807, 2.05) is 41.9 Å². The molecule has 2 aromatic heterocycles. The summed E-state index contributed by atoms with van der Waals surface area (Å²) in [5.41, 5.74) is 0.764. The van der Waals surface area contributed by atoms with Gasteiger partial charge in [-0.25, -0.2) is 0 Å². The number of nitrogens with zero attached hydrogens (tertiary/aromatic N) is 5. The fourth-order valence-electron chi connectivity index (χ4n) is 1.88. The summed E-state index contributed by atoms with van der Waals surface area (Å²) in [5.74, 6) is 1.40. The Balaban J connectivity index is 1.41. The van der Waals surface area contributed by atoms with Crippen LogP contribution in [0.15, 0.2) is 51.5 Å². The van der Waals surface area contributed by atoms with Crippen molar-refractivity contribution in [1.82, 2.24) is 25.0 Å². The Hall–Kier alpha value is -2.33. The third kappa shape index (κ3) is 5.33. The Labute approximate surface area is 152 Å². The maximum Gasteiger partial charge on any atom is 0.277 e. The number of rotatable bonds is 8. The van der Waals surface area contributed by atoms with Crippen molar-refractivity contribution in [3.05, 3.63) is 42.5 Å². The van der Waals surface area contributed by atoms with E-state index in [-0.39, 0.29) is 11.7 Å². The van der Waals surface area contributed by atoms with E-state index in [4.69, 9.17) is 4.42 Å². The quantitative estimate of drug-likeness (QED) is 0.598. The molecule has 0 spiro atoms. The molecular formula is C15H16N6O2S2. The molecule has 10 heteroatoms. The van der Waals surface area contributed by atoms with Gasteiger partial charge < -0.3 is 14.3 Å². The normalized spacial score (nSPS) is 10.8. The molecule has 25 heavy (non-hydrogen) atoms. The Morgan fingerprint density at radius 2 is 2.04 bits per heavy atom. The van der Waals surface area contributed by atoms with E-state index in [1.165, 1.54) is 11.8 Å². The van der Waals surface area contributed by atoms with Crippen molar-refractivity contribution < 1.29 is 9.21 Å². The largest absolute Gasteiger partial charge is 0.416 e. The van der Waals surface area contributed by atoms with Gasteiger partial charge in [0.15, 0.2) is 5.16 Å². The summed E-state index contributed by atoms with van der Waals surface area (Å²) >= 11 is 2.78. The van der Waals surface area contributed by atoms with Crippen LogP contribution in [0.4, 0.5) is 5.69 Å². The average Bonchev–Trinajstić information content (AvgIpc) is 3.23. The molecule has 0 aliphatic heterocycles. The van der Waals surface area contributed by atoms with Gasteiger partial charge in [-0.1, -0.05) is 41.7 Å². The fourth-order valence-corrected chi connectivity index (χ4v) is 3.27. The first-order valence-electron chi connectivity index (χ1n) is 7.47. The molecule has 8 nitrogen and oxygen atoms in total. The molecule has 0 saturated carbocycles. The molecule has 0 bridgehead atoms. The van der Waals surface area contributed by atoms with Crippen LogP contribution in [-0.2, 0) is 18.3 Å². The van der Waals surface area contributed by atoms with Gasteiger partial charge in [0.25, 0.3) is 5.22 Å². The maximum atomic E-state index is 11.9. The van der Waals surface area contributed by atoms with Crippen LogP contribution >= 0.6 is 23.5 Å². The van der Waals surface area contributed by atoms with Gasteiger partial charge in [-0.05, 0) is 12.1 Å². The number of nitrogens with one attached hydrogen (secondary N) is 1. The minimum Gasteiger partial charge on any atom is -0.416 e. The number of aromatic nitrogens is 5. The van der Waals surface area contributed by atoms with E-state index < -0.39 is 0 Å². The molecule has 2 heterocycles.